The third-order valence-electron chi connectivity index (χ3n) is 3.81. The molecular weight excluding hydrogens is 218 g/mol. The van der Waals surface area contributed by atoms with Crippen molar-refractivity contribution in [1.82, 2.24) is 5.32 Å². The molecule has 1 aliphatic rings. The number of hydrogen-bond donors (Lipinski definition) is 2. The highest BCUT2D eigenvalue weighted by Crippen LogP contribution is 2.31. The van der Waals surface area contributed by atoms with Crippen LogP contribution in [0.2, 0.25) is 0 Å². The minimum atomic E-state index is 0.0475. The number of aliphatic hydroxyl groups is 1. The van der Waals surface area contributed by atoms with Gasteiger partial charge in [0.05, 0.1) is 6.61 Å². The molecule has 2 N–H and O–H groups in total. The van der Waals surface area contributed by atoms with E-state index in [0.717, 1.165) is 25.3 Å². The second-order valence-electron chi connectivity index (χ2n) is 5.25. The van der Waals surface area contributed by atoms with Crippen LogP contribution in [0.25, 0.3) is 0 Å². The van der Waals surface area contributed by atoms with Gasteiger partial charge in [0.25, 0.3) is 0 Å². The standard InChI is InChI=1S/C13H27NOS/c1-12-5-7-13(11-15,8-6-12)14-9-3-4-10-16-2/h12,14-15H,3-11H2,1-2H3. The fourth-order valence-electron chi connectivity index (χ4n) is 2.43. The lowest BCUT2D eigenvalue weighted by atomic mass is 9.77. The van der Waals surface area contributed by atoms with E-state index in [4.69, 9.17) is 0 Å². The Kier molecular flexibility index (Phi) is 6.78. The topological polar surface area (TPSA) is 32.3 Å². The molecule has 1 fully saturated rings. The van der Waals surface area contributed by atoms with Gasteiger partial charge in [0.15, 0.2) is 0 Å². The third-order valence-corrected chi connectivity index (χ3v) is 4.51. The molecule has 3 heteroatoms. The van der Waals surface area contributed by atoms with Gasteiger partial charge in [-0.3, -0.25) is 0 Å². The zero-order valence-electron chi connectivity index (χ0n) is 10.8. The molecule has 0 atom stereocenters. The van der Waals surface area contributed by atoms with Crippen molar-refractivity contribution in [3.05, 3.63) is 0 Å². The Balaban J connectivity index is 2.20. The quantitative estimate of drug-likeness (QED) is 0.676. The van der Waals surface area contributed by atoms with Crippen LogP contribution in [0.1, 0.15) is 45.4 Å². The summed E-state index contributed by atoms with van der Waals surface area (Å²) in [5, 5.41) is 13.2. The molecule has 1 saturated carbocycles. The molecule has 0 aliphatic heterocycles. The summed E-state index contributed by atoms with van der Waals surface area (Å²) in [6.07, 6.45) is 9.49. The van der Waals surface area contributed by atoms with Gasteiger partial charge in [-0.05, 0) is 63.0 Å². The van der Waals surface area contributed by atoms with Gasteiger partial charge >= 0.3 is 0 Å². The van der Waals surface area contributed by atoms with Crippen molar-refractivity contribution < 1.29 is 5.11 Å². The number of rotatable bonds is 7. The summed E-state index contributed by atoms with van der Waals surface area (Å²) in [4.78, 5) is 0. The molecular formula is C13H27NOS. The molecule has 0 amide bonds. The fraction of sp³-hybridized carbons (Fsp3) is 1.00. The van der Waals surface area contributed by atoms with E-state index in [2.05, 4.69) is 18.5 Å². The number of unbranched alkanes of at least 4 members (excludes halogenated alkanes) is 1. The van der Waals surface area contributed by atoms with Crippen LogP contribution in [0, 0.1) is 5.92 Å². The second kappa shape index (κ2) is 7.57. The third kappa shape index (κ3) is 4.64. The Morgan fingerprint density at radius 1 is 1.31 bits per heavy atom. The van der Waals surface area contributed by atoms with Crippen LogP contribution < -0.4 is 5.32 Å². The normalized spacial score (nSPS) is 30.6. The number of nitrogens with one attached hydrogen (secondary N) is 1. The largest absolute Gasteiger partial charge is 0.394 e. The van der Waals surface area contributed by atoms with Crippen LogP contribution in [0.5, 0.6) is 0 Å². The van der Waals surface area contributed by atoms with Crippen LogP contribution in [0.3, 0.4) is 0 Å². The van der Waals surface area contributed by atoms with Crippen molar-refractivity contribution in [2.24, 2.45) is 5.92 Å². The maximum Gasteiger partial charge on any atom is 0.0613 e. The molecule has 0 aromatic rings. The summed E-state index contributed by atoms with van der Waals surface area (Å²) < 4.78 is 0. The number of aliphatic hydroxyl groups excluding tert-OH is 1. The van der Waals surface area contributed by atoms with E-state index >= 15 is 0 Å². The molecule has 0 spiro atoms. The zero-order chi connectivity index (χ0) is 11.9. The first kappa shape index (κ1) is 14.3. The van der Waals surface area contributed by atoms with Crippen LogP contribution in [-0.4, -0.2) is 35.8 Å². The van der Waals surface area contributed by atoms with Crippen LogP contribution in [0.15, 0.2) is 0 Å². The van der Waals surface area contributed by atoms with E-state index in [1.165, 1.54) is 31.4 Å². The van der Waals surface area contributed by atoms with E-state index in [0.29, 0.717) is 6.61 Å². The molecule has 0 bridgehead atoms. The average molecular weight is 245 g/mol. The summed E-state index contributed by atoms with van der Waals surface area (Å²) in [6.45, 7) is 3.69. The van der Waals surface area contributed by atoms with Crippen molar-refractivity contribution in [1.29, 1.82) is 0 Å². The van der Waals surface area contributed by atoms with Gasteiger partial charge in [-0.2, -0.15) is 11.8 Å². The highest BCUT2D eigenvalue weighted by Gasteiger charge is 2.32. The van der Waals surface area contributed by atoms with Crippen LogP contribution in [-0.2, 0) is 0 Å². The molecule has 16 heavy (non-hydrogen) atoms. The van der Waals surface area contributed by atoms with Crippen molar-refractivity contribution in [3.63, 3.8) is 0 Å². The minimum absolute atomic E-state index is 0.0475. The van der Waals surface area contributed by atoms with E-state index in [9.17, 15) is 5.11 Å². The van der Waals surface area contributed by atoms with Gasteiger partial charge in [-0.1, -0.05) is 6.92 Å². The van der Waals surface area contributed by atoms with Gasteiger partial charge < -0.3 is 10.4 Å². The Bertz CT molecular complexity index is 179. The van der Waals surface area contributed by atoms with Gasteiger partial charge in [0, 0.05) is 5.54 Å². The van der Waals surface area contributed by atoms with Crippen LogP contribution >= 0.6 is 11.8 Å². The molecule has 0 saturated heterocycles. The molecule has 1 rings (SSSR count). The lowest BCUT2D eigenvalue weighted by Gasteiger charge is -2.39. The molecule has 0 unspecified atom stereocenters. The lowest BCUT2D eigenvalue weighted by Crippen LogP contribution is -2.51. The summed E-state index contributed by atoms with van der Waals surface area (Å²) >= 11 is 1.92. The van der Waals surface area contributed by atoms with Crippen LogP contribution in [0.4, 0.5) is 0 Å². The molecule has 0 radical (unpaired) electrons. The monoisotopic (exact) mass is 245 g/mol. The van der Waals surface area contributed by atoms with Gasteiger partial charge in [0.2, 0.25) is 0 Å². The van der Waals surface area contributed by atoms with Crippen molar-refractivity contribution in [2.45, 2.75) is 51.0 Å². The summed E-state index contributed by atoms with van der Waals surface area (Å²) in [7, 11) is 0. The number of thioether (sulfide) groups is 1. The number of hydrogen-bond acceptors (Lipinski definition) is 3. The van der Waals surface area contributed by atoms with Gasteiger partial charge in [-0.15, -0.1) is 0 Å². The summed E-state index contributed by atoms with van der Waals surface area (Å²) in [5.41, 5.74) is 0.0475. The molecule has 0 heterocycles. The van der Waals surface area contributed by atoms with E-state index in [-0.39, 0.29) is 5.54 Å². The second-order valence-corrected chi connectivity index (χ2v) is 6.23. The first-order chi connectivity index (χ1) is 7.72. The predicted octanol–water partition coefficient (Wildman–Crippen LogP) is 2.66. The maximum atomic E-state index is 9.56. The summed E-state index contributed by atoms with van der Waals surface area (Å²) in [6, 6.07) is 0. The Morgan fingerprint density at radius 3 is 2.56 bits per heavy atom. The smallest absolute Gasteiger partial charge is 0.0613 e. The molecule has 0 aromatic carbocycles. The summed E-state index contributed by atoms with van der Waals surface area (Å²) in [5.74, 6) is 2.10. The van der Waals surface area contributed by atoms with Crippen molar-refractivity contribution in [3.8, 4) is 0 Å². The minimum Gasteiger partial charge on any atom is -0.394 e. The maximum absolute atomic E-state index is 9.56. The molecule has 96 valence electrons. The Labute approximate surface area is 105 Å². The predicted molar refractivity (Wildman–Crippen MR) is 73.1 cm³/mol. The first-order valence-corrected chi connectivity index (χ1v) is 7.97. The first-order valence-electron chi connectivity index (χ1n) is 6.57. The molecule has 1 aliphatic carbocycles. The Morgan fingerprint density at radius 2 is 2.00 bits per heavy atom. The lowest BCUT2D eigenvalue weighted by molar-refractivity contribution is 0.106. The van der Waals surface area contributed by atoms with E-state index < -0.39 is 0 Å². The van der Waals surface area contributed by atoms with Gasteiger partial charge in [0.1, 0.15) is 0 Å². The molecule has 2 nitrogen and oxygen atoms in total. The molecule has 0 aromatic heterocycles. The Hall–Kier alpha value is 0.270. The van der Waals surface area contributed by atoms with E-state index in [1.807, 2.05) is 11.8 Å². The fourth-order valence-corrected chi connectivity index (χ4v) is 2.92. The highest BCUT2D eigenvalue weighted by atomic mass is 32.2. The average Bonchev–Trinajstić information content (AvgIpc) is 2.32. The van der Waals surface area contributed by atoms with Crippen molar-refractivity contribution >= 4 is 11.8 Å². The zero-order valence-corrected chi connectivity index (χ0v) is 11.6. The van der Waals surface area contributed by atoms with Gasteiger partial charge in [-0.25, -0.2) is 0 Å². The SMILES string of the molecule is CSCCCCNC1(CO)CCC(C)CC1. The highest BCUT2D eigenvalue weighted by molar-refractivity contribution is 7.98. The van der Waals surface area contributed by atoms with Crippen molar-refractivity contribution in [2.75, 3.05) is 25.2 Å². The van der Waals surface area contributed by atoms with E-state index in [1.54, 1.807) is 0 Å².